The molecule has 0 fully saturated rings. The molecule has 0 aliphatic carbocycles. The summed E-state index contributed by atoms with van der Waals surface area (Å²) in [7, 11) is 1.70. The Kier molecular flexibility index (Phi) is 4.43. The lowest BCUT2D eigenvalue weighted by Gasteiger charge is -2.09. The van der Waals surface area contributed by atoms with Crippen molar-refractivity contribution in [2.24, 2.45) is 0 Å². The van der Waals surface area contributed by atoms with Crippen molar-refractivity contribution < 1.29 is 4.74 Å². The van der Waals surface area contributed by atoms with E-state index in [2.05, 4.69) is 17.0 Å². The van der Waals surface area contributed by atoms with Crippen molar-refractivity contribution in [2.45, 2.75) is 16.9 Å². The SMILES string of the molecule is C#CC[C@H](CSc1nc2ccccc2s1)OC. The largest absolute Gasteiger partial charge is 0.380 e. The highest BCUT2D eigenvalue weighted by molar-refractivity contribution is 8.01. The van der Waals surface area contributed by atoms with E-state index in [0.717, 1.165) is 15.6 Å². The lowest BCUT2D eigenvalue weighted by Crippen LogP contribution is -2.12. The van der Waals surface area contributed by atoms with Crippen LogP contribution in [-0.2, 0) is 4.74 Å². The molecule has 88 valence electrons. The maximum atomic E-state index is 5.30. The topological polar surface area (TPSA) is 22.1 Å². The number of methoxy groups -OCH3 is 1. The predicted molar refractivity (Wildman–Crippen MR) is 74.6 cm³/mol. The van der Waals surface area contributed by atoms with Crippen LogP contribution < -0.4 is 0 Å². The number of fused-ring (bicyclic) bond motifs is 1. The van der Waals surface area contributed by atoms with Crippen molar-refractivity contribution in [3.05, 3.63) is 24.3 Å². The summed E-state index contributed by atoms with van der Waals surface area (Å²) in [6, 6.07) is 8.16. The molecular formula is C13H13NOS2. The maximum Gasteiger partial charge on any atom is 0.151 e. The Morgan fingerprint density at radius 1 is 1.53 bits per heavy atom. The van der Waals surface area contributed by atoms with Gasteiger partial charge in [-0.3, -0.25) is 0 Å². The van der Waals surface area contributed by atoms with Gasteiger partial charge >= 0.3 is 0 Å². The van der Waals surface area contributed by atoms with E-state index in [9.17, 15) is 0 Å². The predicted octanol–water partition coefficient (Wildman–Crippen LogP) is 3.43. The van der Waals surface area contributed by atoms with Crippen molar-refractivity contribution in [3.63, 3.8) is 0 Å². The van der Waals surface area contributed by atoms with Gasteiger partial charge in [-0.15, -0.1) is 23.7 Å². The lowest BCUT2D eigenvalue weighted by molar-refractivity contribution is 0.126. The van der Waals surface area contributed by atoms with Gasteiger partial charge in [-0.2, -0.15) is 0 Å². The van der Waals surface area contributed by atoms with E-state index in [0.29, 0.717) is 6.42 Å². The van der Waals surface area contributed by atoms with E-state index in [1.165, 1.54) is 4.70 Å². The quantitative estimate of drug-likeness (QED) is 0.609. The zero-order valence-electron chi connectivity index (χ0n) is 9.55. The Hall–Kier alpha value is -1.02. The lowest BCUT2D eigenvalue weighted by atomic mass is 10.3. The first kappa shape index (κ1) is 12.4. The van der Waals surface area contributed by atoms with E-state index in [1.807, 2.05) is 18.2 Å². The summed E-state index contributed by atoms with van der Waals surface area (Å²) in [6.07, 6.45) is 6.04. The number of aromatic nitrogens is 1. The highest BCUT2D eigenvalue weighted by Crippen LogP contribution is 2.30. The molecule has 0 spiro atoms. The fourth-order valence-corrected chi connectivity index (χ4v) is 3.57. The molecule has 0 bridgehead atoms. The van der Waals surface area contributed by atoms with Crippen LogP contribution in [0.25, 0.3) is 10.2 Å². The molecule has 1 heterocycles. The molecule has 1 aromatic heterocycles. The second kappa shape index (κ2) is 6.06. The van der Waals surface area contributed by atoms with Gasteiger partial charge in [0.25, 0.3) is 0 Å². The van der Waals surface area contributed by atoms with Crippen molar-refractivity contribution in [3.8, 4) is 12.3 Å². The third-order valence-electron chi connectivity index (χ3n) is 2.35. The molecule has 4 heteroatoms. The number of thioether (sulfide) groups is 1. The summed E-state index contributed by atoms with van der Waals surface area (Å²) < 4.78 is 7.60. The molecule has 0 saturated carbocycles. The van der Waals surface area contributed by atoms with Gasteiger partial charge in [-0.05, 0) is 12.1 Å². The molecule has 2 nitrogen and oxygen atoms in total. The van der Waals surface area contributed by atoms with E-state index in [-0.39, 0.29) is 6.10 Å². The van der Waals surface area contributed by atoms with Crippen LogP contribution in [-0.4, -0.2) is 24.0 Å². The third kappa shape index (κ3) is 3.22. The first-order valence-corrected chi connectivity index (χ1v) is 7.08. The number of hydrogen-bond donors (Lipinski definition) is 0. The van der Waals surface area contributed by atoms with Crippen molar-refractivity contribution in [1.82, 2.24) is 4.98 Å². The highest BCUT2D eigenvalue weighted by Gasteiger charge is 2.09. The fourth-order valence-electron chi connectivity index (χ4n) is 1.42. The Morgan fingerprint density at radius 2 is 2.35 bits per heavy atom. The molecule has 2 rings (SSSR count). The minimum Gasteiger partial charge on any atom is -0.380 e. The van der Waals surface area contributed by atoms with Crippen molar-refractivity contribution in [1.29, 1.82) is 0 Å². The normalized spacial score (nSPS) is 12.5. The minimum absolute atomic E-state index is 0.108. The zero-order valence-corrected chi connectivity index (χ0v) is 11.2. The van der Waals surface area contributed by atoms with E-state index < -0.39 is 0 Å². The number of para-hydroxylation sites is 1. The first-order valence-electron chi connectivity index (χ1n) is 5.28. The van der Waals surface area contributed by atoms with Crippen LogP contribution >= 0.6 is 23.1 Å². The van der Waals surface area contributed by atoms with Crippen molar-refractivity contribution >= 4 is 33.3 Å². The molecule has 0 N–H and O–H groups in total. The Morgan fingerprint density at radius 3 is 3.06 bits per heavy atom. The molecule has 2 aromatic rings. The van der Waals surface area contributed by atoms with E-state index in [1.54, 1.807) is 30.2 Å². The van der Waals surface area contributed by atoms with Crippen LogP contribution in [0.5, 0.6) is 0 Å². The maximum absolute atomic E-state index is 5.30. The van der Waals surface area contributed by atoms with Crippen LogP contribution in [0, 0.1) is 12.3 Å². The monoisotopic (exact) mass is 263 g/mol. The zero-order chi connectivity index (χ0) is 12.1. The highest BCUT2D eigenvalue weighted by atomic mass is 32.2. The standard InChI is InChI=1S/C13H13NOS2/c1-3-6-10(15-2)9-16-13-14-11-7-4-5-8-12(11)17-13/h1,4-5,7-8,10H,6,9H2,2H3/t10-/m1/s1. The van der Waals surface area contributed by atoms with Gasteiger partial charge in [-0.25, -0.2) is 4.98 Å². The number of hydrogen-bond acceptors (Lipinski definition) is 4. The van der Waals surface area contributed by atoms with E-state index in [4.69, 9.17) is 11.2 Å². The summed E-state index contributed by atoms with van der Waals surface area (Å²) in [5.41, 5.74) is 1.06. The number of benzene rings is 1. The molecule has 0 unspecified atom stereocenters. The van der Waals surface area contributed by atoms with Crippen LogP contribution in [0.1, 0.15) is 6.42 Å². The number of terminal acetylenes is 1. The van der Waals surface area contributed by atoms with Gasteiger partial charge in [0.05, 0.1) is 16.3 Å². The summed E-state index contributed by atoms with van der Waals surface area (Å²) in [6.45, 7) is 0. The Balaban J connectivity index is 2.01. The number of nitrogens with zero attached hydrogens (tertiary/aromatic N) is 1. The molecule has 0 aliphatic heterocycles. The molecule has 0 saturated heterocycles. The fraction of sp³-hybridized carbons (Fsp3) is 0.308. The van der Waals surface area contributed by atoms with Gasteiger partial charge in [0.15, 0.2) is 4.34 Å². The summed E-state index contributed by atoms with van der Waals surface area (Å²) in [5.74, 6) is 3.47. The smallest absolute Gasteiger partial charge is 0.151 e. The summed E-state index contributed by atoms with van der Waals surface area (Å²) in [4.78, 5) is 4.55. The third-order valence-corrected chi connectivity index (χ3v) is 4.66. The molecule has 1 aromatic carbocycles. The average Bonchev–Trinajstić information content (AvgIpc) is 2.77. The van der Waals surface area contributed by atoms with Gasteiger partial charge < -0.3 is 4.74 Å². The van der Waals surface area contributed by atoms with Crippen LogP contribution in [0.3, 0.4) is 0 Å². The van der Waals surface area contributed by atoms with Crippen LogP contribution in [0.4, 0.5) is 0 Å². The second-order valence-corrected chi connectivity index (χ2v) is 5.82. The van der Waals surface area contributed by atoms with Crippen LogP contribution in [0.15, 0.2) is 28.6 Å². The molecule has 0 radical (unpaired) electrons. The molecule has 17 heavy (non-hydrogen) atoms. The van der Waals surface area contributed by atoms with E-state index >= 15 is 0 Å². The Bertz CT molecular complexity index is 496. The van der Waals surface area contributed by atoms with Gasteiger partial charge in [-0.1, -0.05) is 23.9 Å². The molecule has 0 aliphatic rings. The first-order chi connectivity index (χ1) is 8.33. The molecular weight excluding hydrogens is 250 g/mol. The number of thiazole rings is 1. The Labute approximate surface area is 109 Å². The minimum atomic E-state index is 0.108. The van der Waals surface area contributed by atoms with Crippen LogP contribution in [0.2, 0.25) is 0 Å². The van der Waals surface area contributed by atoms with Gasteiger partial charge in [0.2, 0.25) is 0 Å². The second-order valence-electron chi connectivity index (χ2n) is 3.52. The average molecular weight is 263 g/mol. The molecule has 0 amide bonds. The van der Waals surface area contributed by atoms with Gasteiger partial charge in [0.1, 0.15) is 0 Å². The number of rotatable bonds is 5. The van der Waals surface area contributed by atoms with Crippen molar-refractivity contribution in [2.75, 3.05) is 12.9 Å². The summed E-state index contributed by atoms with van der Waals surface area (Å²) in [5, 5.41) is 0. The molecule has 1 atom stereocenters. The van der Waals surface area contributed by atoms with Gasteiger partial charge in [0, 0.05) is 19.3 Å². The summed E-state index contributed by atoms with van der Waals surface area (Å²) >= 11 is 3.42. The number of ether oxygens (including phenoxy) is 1.